The van der Waals surface area contributed by atoms with Crippen LogP contribution in [0.4, 0.5) is 0 Å². The van der Waals surface area contributed by atoms with E-state index in [2.05, 4.69) is 49.8 Å². The topological polar surface area (TPSA) is 33.4 Å². The van der Waals surface area contributed by atoms with Gasteiger partial charge in [-0.15, -0.1) is 10.2 Å². The first-order valence-electron chi connectivity index (χ1n) is 8.00. The summed E-state index contributed by atoms with van der Waals surface area (Å²) in [7, 11) is 0. The quantitative estimate of drug-likeness (QED) is 0.691. The largest absolute Gasteiger partial charge is 0.303 e. The van der Waals surface area contributed by atoms with E-state index in [1.807, 2.05) is 17.8 Å². The predicted molar refractivity (Wildman–Crippen MR) is 91.5 cm³/mol. The van der Waals surface area contributed by atoms with Crippen LogP contribution in [0.15, 0.2) is 41.6 Å². The smallest absolute Gasteiger partial charge is 0.196 e. The number of piperidine rings is 1. The Bertz CT molecular complexity index is 777. The Labute approximate surface area is 134 Å². The number of thioether (sulfide) groups is 1. The van der Waals surface area contributed by atoms with Gasteiger partial charge in [0.2, 0.25) is 0 Å². The third kappa shape index (κ3) is 2.71. The summed E-state index contributed by atoms with van der Waals surface area (Å²) in [5, 5.41) is 10.9. The lowest BCUT2D eigenvalue weighted by Crippen LogP contribution is -2.31. The van der Waals surface area contributed by atoms with E-state index in [-0.39, 0.29) is 0 Å². The lowest BCUT2D eigenvalue weighted by atomic mass is 10.1. The second-order valence-corrected chi connectivity index (χ2v) is 6.88. The van der Waals surface area contributed by atoms with Crippen LogP contribution < -0.4 is 0 Å². The molecule has 1 fully saturated rings. The van der Waals surface area contributed by atoms with Gasteiger partial charge in [-0.1, -0.05) is 36.4 Å². The molecule has 1 saturated heterocycles. The van der Waals surface area contributed by atoms with E-state index >= 15 is 0 Å². The summed E-state index contributed by atoms with van der Waals surface area (Å²) < 4.78 is 2.18. The van der Waals surface area contributed by atoms with E-state index < -0.39 is 0 Å². The lowest BCUT2D eigenvalue weighted by Gasteiger charge is -2.25. The van der Waals surface area contributed by atoms with Crippen molar-refractivity contribution in [2.45, 2.75) is 24.4 Å². The standard InChI is InChI=1S/C17H20N4S/c1-4-10-20(11-5-1)12-13-22-17-19-18-16-9-8-14-6-2-3-7-15(14)21(16)17/h2-3,6-9H,1,4-5,10-13H2. The van der Waals surface area contributed by atoms with Crippen LogP contribution in [0.5, 0.6) is 0 Å². The van der Waals surface area contributed by atoms with Crippen molar-refractivity contribution in [1.82, 2.24) is 19.5 Å². The zero-order valence-corrected chi connectivity index (χ0v) is 13.4. The molecule has 0 spiro atoms. The van der Waals surface area contributed by atoms with Gasteiger partial charge >= 0.3 is 0 Å². The molecule has 22 heavy (non-hydrogen) atoms. The van der Waals surface area contributed by atoms with Crippen LogP contribution in [0.3, 0.4) is 0 Å². The van der Waals surface area contributed by atoms with Gasteiger partial charge < -0.3 is 4.90 Å². The molecule has 1 aliphatic rings. The van der Waals surface area contributed by atoms with Gasteiger partial charge in [0.05, 0.1) is 5.52 Å². The molecule has 1 aliphatic heterocycles. The Kier molecular flexibility index (Phi) is 3.99. The summed E-state index contributed by atoms with van der Waals surface area (Å²) in [5.41, 5.74) is 2.12. The number of hydrogen-bond acceptors (Lipinski definition) is 4. The first-order chi connectivity index (χ1) is 10.9. The maximum absolute atomic E-state index is 4.39. The zero-order valence-electron chi connectivity index (χ0n) is 12.6. The normalized spacial score (nSPS) is 16.5. The average Bonchev–Trinajstić information content (AvgIpc) is 3.00. The van der Waals surface area contributed by atoms with Crippen molar-refractivity contribution in [2.24, 2.45) is 0 Å². The number of nitrogens with zero attached hydrogens (tertiary/aromatic N) is 4. The monoisotopic (exact) mass is 312 g/mol. The van der Waals surface area contributed by atoms with Gasteiger partial charge in [0.1, 0.15) is 0 Å². The van der Waals surface area contributed by atoms with E-state index in [0.29, 0.717) is 0 Å². The molecule has 0 N–H and O–H groups in total. The number of hydrogen-bond donors (Lipinski definition) is 0. The van der Waals surface area contributed by atoms with Crippen LogP contribution in [0.1, 0.15) is 19.3 Å². The zero-order chi connectivity index (χ0) is 14.8. The molecule has 3 heterocycles. The fourth-order valence-corrected chi connectivity index (χ4v) is 4.11. The van der Waals surface area contributed by atoms with Crippen molar-refractivity contribution < 1.29 is 0 Å². The van der Waals surface area contributed by atoms with Gasteiger partial charge in [0, 0.05) is 12.3 Å². The summed E-state index contributed by atoms with van der Waals surface area (Å²) in [5.74, 6) is 1.07. The molecule has 0 saturated carbocycles. The number of para-hydroxylation sites is 1. The van der Waals surface area contributed by atoms with Crippen LogP contribution in [-0.2, 0) is 0 Å². The Balaban J connectivity index is 1.55. The van der Waals surface area contributed by atoms with Crippen LogP contribution in [-0.4, -0.2) is 44.9 Å². The highest BCUT2D eigenvalue weighted by Gasteiger charge is 2.12. The van der Waals surface area contributed by atoms with E-state index in [4.69, 9.17) is 0 Å². The molecule has 0 bridgehead atoms. The fraction of sp³-hybridized carbons (Fsp3) is 0.412. The lowest BCUT2D eigenvalue weighted by molar-refractivity contribution is 0.242. The van der Waals surface area contributed by atoms with E-state index in [1.54, 1.807) is 0 Å². The van der Waals surface area contributed by atoms with E-state index in [9.17, 15) is 0 Å². The van der Waals surface area contributed by atoms with E-state index in [0.717, 1.165) is 23.1 Å². The minimum Gasteiger partial charge on any atom is -0.303 e. The Morgan fingerprint density at radius 3 is 2.73 bits per heavy atom. The van der Waals surface area contributed by atoms with Gasteiger partial charge in [0.25, 0.3) is 0 Å². The van der Waals surface area contributed by atoms with Gasteiger partial charge in [-0.2, -0.15) is 0 Å². The maximum atomic E-state index is 4.39. The summed E-state index contributed by atoms with van der Waals surface area (Å²) >= 11 is 1.81. The first-order valence-corrected chi connectivity index (χ1v) is 8.98. The van der Waals surface area contributed by atoms with Crippen LogP contribution in [0.2, 0.25) is 0 Å². The van der Waals surface area contributed by atoms with Crippen molar-refractivity contribution >= 4 is 28.3 Å². The second-order valence-electron chi connectivity index (χ2n) is 5.82. The highest BCUT2D eigenvalue weighted by Crippen LogP contribution is 2.23. The highest BCUT2D eigenvalue weighted by molar-refractivity contribution is 7.99. The summed E-state index contributed by atoms with van der Waals surface area (Å²) in [6.45, 7) is 3.65. The number of fused-ring (bicyclic) bond motifs is 3. The Hall–Kier alpha value is -1.59. The molecule has 3 aromatic rings. The predicted octanol–water partition coefficient (Wildman–Crippen LogP) is 3.46. The van der Waals surface area contributed by atoms with Gasteiger partial charge in [0.15, 0.2) is 10.8 Å². The summed E-state index contributed by atoms with van der Waals surface area (Å²) in [4.78, 5) is 2.57. The molecule has 4 nitrogen and oxygen atoms in total. The SMILES string of the molecule is c1ccc2c(c1)ccc1nnc(SCCN3CCCCC3)n12. The molecule has 1 aromatic carbocycles. The van der Waals surface area contributed by atoms with Gasteiger partial charge in [-0.3, -0.25) is 4.40 Å². The number of benzene rings is 1. The van der Waals surface area contributed by atoms with Crippen molar-refractivity contribution in [1.29, 1.82) is 0 Å². The number of likely N-dealkylation sites (tertiary alicyclic amines) is 1. The minimum atomic E-state index is 0.930. The van der Waals surface area contributed by atoms with Crippen molar-refractivity contribution in [3.63, 3.8) is 0 Å². The molecule has 5 heteroatoms. The van der Waals surface area contributed by atoms with Crippen LogP contribution >= 0.6 is 11.8 Å². The molecular formula is C17H20N4S. The third-order valence-corrected chi connectivity index (χ3v) is 5.24. The third-order valence-electron chi connectivity index (χ3n) is 4.34. The highest BCUT2D eigenvalue weighted by atomic mass is 32.2. The average molecular weight is 312 g/mol. The molecule has 0 unspecified atom stereocenters. The molecule has 0 amide bonds. The van der Waals surface area contributed by atoms with Crippen LogP contribution in [0, 0.1) is 0 Å². The minimum absolute atomic E-state index is 0.930. The molecule has 4 rings (SSSR count). The number of pyridine rings is 1. The van der Waals surface area contributed by atoms with Crippen molar-refractivity contribution in [2.75, 3.05) is 25.4 Å². The molecule has 0 aliphatic carbocycles. The van der Waals surface area contributed by atoms with E-state index in [1.165, 1.54) is 43.3 Å². The number of rotatable bonds is 4. The second kappa shape index (κ2) is 6.26. The Morgan fingerprint density at radius 2 is 1.82 bits per heavy atom. The van der Waals surface area contributed by atoms with Gasteiger partial charge in [-0.25, -0.2) is 0 Å². The van der Waals surface area contributed by atoms with Gasteiger partial charge in [-0.05, 0) is 49.5 Å². The Morgan fingerprint density at radius 1 is 0.955 bits per heavy atom. The van der Waals surface area contributed by atoms with Crippen molar-refractivity contribution in [3.05, 3.63) is 36.4 Å². The maximum Gasteiger partial charge on any atom is 0.196 e. The van der Waals surface area contributed by atoms with Crippen LogP contribution in [0.25, 0.3) is 16.6 Å². The fourth-order valence-electron chi connectivity index (χ4n) is 3.15. The number of aromatic nitrogens is 3. The molecule has 2 aromatic heterocycles. The molecular weight excluding hydrogens is 292 g/mol. The molecule has 0 radical (unpaired) electrons. The first kappa shape index (κ1) is 14.0. The van der Waals surface area contributed by atoms with Crippen molar-refractivity contribution in [3.8, 4) is 0 Å². The summed E-state index contributed by atoms with van der Waals surface area (Å²) in [6, 6.07) is 12.6. The molecule has 0 atom stereocenters. The molecule has 114 valence electrons. The summed E-state index contributed by atoms with van der Waals surface area (Å²) in [6.07, 6.45) is 4.09.